The third-order valence-electron chi connectivity index (χ3n) is 3.58. The minimum absolute atomic E-state index is 0.0942. The van der Waals surface area contributed by atoms with Gasteiger partial charge in [0, 0.05) is 18.0 Å². The molecular formula is C15H21ClN2OS. The first-order chi connectivity index (χ1) is 9.61. The minimum atomic E-state index is -0.0942. The topological polar surface area (TPSA) is 32.3 Å². The number of benzene rings is 1. The second kappa shape index (κ2) is 7.34. The summed E-state index contributed by atoms with van der Waals surface area (Å²) in [6.45, 7) is 4.68. The molecule has 0 aromatic heterocycles. The Hall–Kier alpha value is -0.710. The maximum Gasteiger partial charge on any atom is 0.235 e. The molecule has 0 bridgehead atoms. The first kappa shape index (κ1) is 15.7. The quantitative estimate of drug-likeness (QED) is 0.849. The molecule has 110 valence electrons. The van der Waals surface area contributed by atoms with E-state index >= 15 is 0 Å². The second-order valence-corrected chi connectivity index (χ2v) is 6.98. The van der Waals surface area contributed by atoms with Gasteiger partial charge >= 0.3 is 0 Å². The molecule has 2 unspecified atom stereocenters. The highest BCUT2D eigenvalue weighted by molar-refractivity contribution is 8.00. The lowest BCUT2D eigenvalue weighted by atomic mass is 10.1. The maximum atomic E-state index is 12.5. The van der Waals surface area contributed by atoms with E-state index < -0.39 is 0 Å². The molecule has 1 saturated heterocycles. The Bertz CT molecular complexity index is 469. The van der Waals surface area contributed by atoms with Crippen LogP contribution < -0.4 is 5.32 Å². The second-order valence-electron chi connectivity index (χ2n) is 5.19. The Morgan fingerprint density at radius 2 is 2.30 bits per heavy atom. The van der Waals surface area contributed by atoms with Crippen molar-refractivity contribution >= 4 is 29.3 Å². The zero-order chi connectivity index (χ0) is 14.5. The Kier molecular flexibility index (Phi) is 5.75. The van der Waals surface area contributed by atoms with Gasteiger partial charge in [0.15, 0.2) is 0 Å². The molecule has 0 aliphatic carbocycles. The number of likely N-dealkylation sites (tertiary alicyclic amines) is 1. The van der Waals surface area contributed by atoms with Gasteiger partial charge in [0.1, 0.15) is 0 Å². The van der Waals surface area contributed by atoms with Gasteiger partial charge in [-0.1, -0.05) is 23.7 Å². The van der Waals surface area contributed by atoms with Crippen molar-refractivity contribution in [2.75, 3.05) is 26.7 Å². The normalized spacial score (nSPS) is 20.1. The zero-order valence-corrected chi connectivity index (χ0v) is 13.5. The van der Waals surface area contributed by atoms with E-state index in [-0.39, 0.29) is 11.2 Å². The number of carbonyl (C=O) groups is 1. The summed E-state index contributed by atoms with van der Waals surface area (Å²) in [6.07, 6.45) is 1.09. The van der Waals surface area contributed by atoms with Crippen molar-refractivity contribution in [1.82, 2.24) is 10.2 Å². The van der Waals surface area contributed by atoms with Crippen molar-refractivity contribution < 1.29 is 4.79 Å². The summed E-state index contributed by atoms with van der Waals surface area (Å²) < 4.78 is 0. The Morgan fingerprint density at radius 1 is 1.55 bits per heavy atom. The molecule has 5 heteroatoms. The number of carbonyl (C=O) groups excluding carboxylic acids is 1. The first-order valence-corrected chi connectivity index (χ1v) is 8.22. The average Bonchev–Trinajstić information content (AvgIpc) is 2.89. The Balaban J connectivity index is 1.91. The molecule has 1 aromatic rings. The fraction of sp³-hybridized carbons (Fsp3) is 0.533. The number of nitrogens with zero attached hydrogens (tertiary/aromatic N) is 1. The lowest BCUT2D eigenvalue weighted by Gasteiger charge is -2.21. The number of rotatable bonds is 5. The van der Waals surface area contributed by atoms with Crippen LogP contribution in [0.3, 0.4) is 0 Å². The summed E-state index contributed by atoms with van der Waals surface area (Å²) in [5.74, 6) is 0.801. The molecule has 0 saturated carbocycles. The maximum absolute atomic E-state index is 12.5. The van der Waals surface area contributed by atoms with E-state index in [1.807, 2.05) is 43.1 Å². The van der Waals surface area contributed by atoms with Gasteiger partial charge in [0.25, 0.3) is 0 Å². The lowest BCUT2D eigenvalue weighted by Crippen LogP contribution is -2.35. The van der Waals surface area contributed by atoms with Crippen LogP contribution in [0.1, 0.15) is 13.3 Å². The molecule has 1 aliphatic heterocycles. The monoisotopic (exact) mass is 312 g/mol. The molecule has 1 aromatic carbocycles. The molecule has 2 rings (SSSR count). The Labute approximate surface area is 130 Å². The van der Waals surface area contributed by atoms with Crippen molar-refractivity contribution in [2.24, 2.45) is 5.92 Å². The number of thioether (sulfide) groups is 1. The van der Waals surface area contributed by atoms with E-state index in [0.717, 1.165) is 31.0 Å². The van der Waals surface area contributed by atoms with Crippen LogP contribution in [0.15, 0.2) is 29.2 Å². The van der Waals surface area contributed by atoms with Crippen LogP contribution in [0.25, 0.3) is 0 Å². The smallest absolute Gasteiger partial charge is 0.235 e. The van der Waals surface area contributed by atoms with Crippen molar-refractivity contribution in [3.8, 4) is 0 Å². The molecule has 0 radical (unpaired) electrons. The van der Waals surface area contributed by atoms with E-state index in [4.69, 9.17) is 11.6 Å². The third-order valence-corrected chi connectivity index (χ3v) is 5.19. The fourth-order valence-electron chi connectivity index (χ4n) is 2.53. The van der Waals surface area contributed by atoms with Gasteiger partial charge in [-0.3, -0.25) is 4.79 Å². The van der Waals surface area contributed by atoms with Gasteiger partial charge in [-0.2, -0.15) is 0 Å². The predicted molar refractivity (Wildman–Crippen MR) is 85.4 cm³/mol. The molecule has 2 atom stereocenters. The van der Waals surface area contributed by atoms with Crippen LogP contribution in [0, 0.1) is 5.92 Å². The van der Waals surface area contributed by atoms with Crippen LogP contribution in [0.2, 0.25) is 5.02 Å². The first-order valence-electron chi connectivity index (χ1n) is 6.96. The average molecular weight is 313 g/mol. The summed E-state index contributed by atoms with van der Waals surface area (Å²) in [7, 11) is 1.96. The van der Waals surface area contributed by atoms with E-state index in [0.29, 0.717) is 10.9 Å². The van der Waals surface area contributed by atoms with Gasteiger partial charge in [-0.15, -0.1) is 11.8 Å². The Morgan fingerprint density at radius 3 is 3.00 bits per heavy atom. The zero-order valence-electron chi connectivity index (χ0n) is 11.9. The highest BCUT2D eigenvalue weighted by Gasteiger charge is 2.29. The highest BCUT2D eigenvalue weighted by atomic mass is 35.5. The van der Waals surface area contributed by atoms with E-state index in [1.165, 1.54) is 0 Å². The van der Waals surface area contributed by atoms with Crippen LogP contribution >= 0.6 is 23.4 Å². The van der Waals surface area contributed by atoms with E-state index in [9.17, 15) is 4.79 Å². The molecule has 1 aliphatic rings. The van der Waals surface area contributed by atoms with Gasteiger partial charge in [0.05, 0.1) is 10.3 Å². The lowest BCUT2D eigenvalue weighted by molar-refractivity contribution is -0.129. The summed E-state index contributed by atoms with van der Waals surface area (Å²) >= 11 is 7.68. The molecule has 1 heterocycles. The van der Waals surface area contributed by atoms with Gasteiger partial charge in [-0.25, -0.2) is 0 Å². The molecule has 1 fully saturated rings. The van der Waals surface area contributed by atoms with Gasteiger partial charge < -0.3 is 10.2 Å². The standard InChI is InChI=1S/C15H21ClN2OS/c1-11(20-14-6-4-3-5-13(14)16)15(19)18-8-7-12(10-18)9-17-2/h3-6,11-12,17H,7-10H2,1-2H3. The molecule has 20 heavy (non-hydrogen) atoms. The van der Waals surface area contributed by atoms with E-state index in [1.54, 1.807) is 11.8 Å². The SMILES string of the molecule is CNCC1CCN(C(=O)C(C)Sc2ccccc2Cl)C1. The number of amides is 1. The fourth-order valence-corrected chi connectivity index (χ4v) is 3.76. The van der Waals surface area contributed by atoms with Crippen LogP contribution in [-0.2, 0) is 4.79 Å². The van der Waals surface area contributed by atoms with Crippen molar-refractivity contribution in [1.29, 1.82) is 0 Å². The molecular weight excluding hydrogens is 292 g/mol. The predicted octanol–water partition coefficient (Wildman–Crippen LogP) is 2.89. The molecule has 3 nitrogen and oxygen atoms in total. The van der Waals surface area contributed by atoms with Crippen LogP contribution in [0.4, 0.5) is 0 Å². The summed E-state index contributed by atoms with van der Waals surface area (Å²) in [5.41, 5.74) is 0. The highest BCUT2D eigenvalue weighted by Crippen LogP contribution is 2.31. The summed E-state index contributed by atoms with van der Waals surface area (Å²) in [6, 6.07) is 7.68. The molecule has 1 amide bonds. The number of hydrogen-bond acceptors (Lipinski definition) is 3. The van der Waals surface area contributed by atoms with Crippen molar-refractivity contribution in [3.05, 3.63) is 29.3 Å². The summed E-state index contributed by atoms with van der Waals surface area (Å²) in [5, 5.41) is 3.81. The molecule has 1 N–H and O–H groups in total. The van der Waals surface area contributed by atoms with Crippen LogP contribution in [0.5, 0.6) is 0 Å². The summed E-state index contributed by atoms with van der Waals surface area (Å²) in [4.78, 5) is 15.4. The third kappa shape index (κ3) is 3.90. The number of hydrogen-bond donors (Lipinski definition) is 1. The van der Waals surface area contributed by atoms with E-state index in [2.05, 4.69) is 5.32 Å². The van der Waals surface area contributed by atoms with Crippen molar-refractivity contribution in [3.63, 3.8) is 0 Å². The molecule has 0 spiro atoms. The minimum Gasteiger partial charge on any atom is -0.341 e. The van der Waals surface area contributed by atoms with Crippen LogP contribution in [-0.4, -0.2) is 42.7 Å². The van der Waals surface area contributed by atoms with Gasteiger partial charge in [0.2, 0.25) is 5.91 Å². The van der Waals surface area contributed by atoms with Crippen molar-refractivity contribution in [2.45, 2.75) is 23.5 Å². The number of nitrogens with one attached hydrogen (secondary N) is 1. The largest absolute Gasteiger partial charge is 0.341 e. The number of halogens is 1. The van der Waals surface area contributed by atoms with Gasteiger partial charge in [-0.05, 0) is 45.0 Å².